The van der Waals surface area contributed by atoms with Crippen LogP contribution in [0.1, 0.15) is 44.2 Å². The van der Waals surface area contributed by atoms with Crippen molar-refractivity contribution in [1.29, 1.82) is 0 Å². The molecule has 1 unspecified atom stereocenters. The van der Waals surface area contributed by atoms with Gasteiger partial charge in [0.15, 0.2) is 0 Å². The summed E-state index contributed by atoms with van der Waals surface area (Å²) in [6.07, 6.45) is -0.142. The average Bonchev–Trinajstić information content (AvgIpc) is 3.09. The summed E-state index contributed by atoms with van der Waals surface area (Å²) in [4.78, 5) is 36.2. The Hall–Kier alpha value is -3.35. The lowest BCUT2D eigenvalue weighted by atomic mass is 9.98. The van der Waals surface area contributed by atoms with E-state index in [1.807, 2.05) is 43.3 Å². The smallest absolute Gasteiger partial charge is 0.407 e. The molecule has 32 heavy (non-hydrogen) atoms. The number of nitrogens with one attached hydrogen (secondary N) is 2. The molecule has 2 atom stereocenters. The van der Waals surface area contributed by atoms with Crippen LogP contribution in [0, 0.1) is 11.8 Å². The number of carboxylic acid groups (broad SMARTS) is 1. The third-order valence-electron chi connectivity index (χ3n) is 5.93. The molecule has 3 rings (SSSR count). The molecule has 0 saturated heterocycles. The SMILES string of the molecule is CCC(CNC(=O)OCC1c2ccccc2-c2ccccc21)C(=O)N[C@@H](C(=O)O)C(C)C. The van der Waals surface area contributed by atoms with Crippen molar-refractivity contribution < 1.29 is 24.2 Å². The maximum atomic E-state index is 12.5. The Morgan fingerprint density at radius 3 is 2.06 bits per heavy atom. The van der Waals surface area contributed by atoms with Crippen LogP contribution in [0.4, 0.5) is 4.79 Å². The largest absolute Gasteiger partial charge is 0.480 e. The van der Waals surface area contributed by atoms with Crippen molar-refractivity contribution in [3.05, 3.63) is 59.7 Å². The lowest BCUT2D eigenvalue weighted by Crippen LogP contribution is -2.48. The summed E-state index contributed by atoms with van der Waals surface area (Å²) in [5.74, 6) is -2.30. The summed E-state index contributed by atoms with van der Waals surface area (Å²) >= 11 is 0. The first-order valence-corrected chi connectivity index (χ1v) is 11.0. The van der Waals surface area contributed by atoms with Crippen molar-refractivity contribution in [2.45, 2.75) is 39.2 Å². The van der Waals surface area contributed by atoms with Crippen LogP contribution < -0.4 is 10.6 Å². The maximum absolute atomic E-state index is 12.5. The molecular formula is C25H30N2O5. The summed E-state index contributed by atoms with van der Waals surface area (Å²) in [7, 11) is 0. The van der Waals surface area contributed by atoms with E-state index in [2.05, 4.69) is 22.8 Å². The van der Waals surface area contributed by atoms with Crippen LogP contribution in [0.3, 0.4) is 0 Å². The number of amides is 2. The molecule has 0 spiro atoms. The van der Waals surface area contributed by atoms with Gasteiger partial charge in [-0.05, 0) is 34.6 Å². The molecule has 0 radical (unpaired) electrons. The first-order chi connectivity index (χ1) is 15.3. The lowest BCUT2D eigenvalue weighted by Gasteiger charge is -2.22. The molecule has 2 aromatic carbocycles. The third kappa shape index (κ3) is 5.10. The number of carbonyl (C=O) groups excluding carboxylic acids is 2. The first kappa shape index (κ1) is 23.3. The second-order valence-electron chi connectivity index (χ2n) is 8.38. The van der Waals surface area contributed by atoms with Crippen molar-refractivity contribution >= 4 is 18.0 Å². The molecule has 1 aliphatic carbocycles. The van der Waals surface area contributed by atoms with Crippen LogP contribution in [0.5, 0.6) is 0 Å². The van der Waals surface area contributed by atoms with Gasteiger partial charge in [0.1, 0.15) is 12.6 Å². The highest BCUT2D eigenvalue weighted by Gasteiger charge is 2.30. The maximum Gasteiger partial charge on any atom is 0.407 e. The Balaban J connectivity index is 1.56. The number of aliphatic carboxylic acids is 1. The fourth-order valence-electron chi connectivity index (χ4n) is 4.06. The molecule has 0 bridgehead atoms. The van der Waals surface area contributed by atoms with Crippen molar-refractivity contribution in [3.63, 3.8) is 0 Å². The van der Waals surface area contributed by atoms with Crippen LogP contribution in [0.2, 0.25) is 0 Å². The fourth-order valence-corrected chi connectivity index (χ4v) is 4.06. The zero-order valence-electron chi connectivity index (χ0n) is 18.6. The van der Waals surface area contributed by atoms with Crippen LogP contribution >= 0.6 is 0 Å². The number of rotatable bonds is 9. The number of hydrogen-bond donors (Lipinski definition) is 3. The van der Waals surface area contributed by atoms with E-state index in [1.165, 1.54) is 0 Å². The van der Waals surface area contributed by atoms with Crippen LogP contribution in [0.25, 0.3) is 11.1 Å². The summed E-state index contributed by atoms with van der Waals surface area (Å²) in [6.45, 7) is 5.54. The lowest BCUT2D eigenvalue weighted by molar-refractivity contribution is -0.143. The highest BCUT2D eigenvalue weighted by molar-refractivity contribution is 5.85. The monoisotopic (exact) mass is 438 g/mol. The molecule has 0 aromatic heterocycles. The van der Waals surface area contributed by atoms with Gasteiger partial charge in [0, 0.05) is 12.5 Å². The Bertz CT molecular complexity index is 942. The average molecular weight is 439 g/mol. The minimum Gasteiger partial charge on any atom is -0.480 e. The highest BCUT2D eigenvalue weighted by Crippen LogP contribution is 2.44. The van der Waals surface area contributed by atoms with Crippen molar-refractivity contribution in [2.24, 2.45) is 11.8 Å². The number of benzene rings is 2. The van der Waals surface area contributed by atoms with Crippen LogP contribution in [-0.2, 0) is 14.3 Å². The molecule has 3 N–H and O–H groups in total. The van der Waals surface area contributed by atoms with Gasteiger partial charge in [0.2, 0.25) is 5.91 Å². The molecule has 0 fully saturated rings. The number of carboxylic acids is 1. The number of alkyl carbamates (subject to hydrolysis) is 1. The van der Waals surface area contributed by atoms with Gasteiger partial charge in [-0.25, -0.2) is 9.59 Å². The zero-order valence-corrected chi connectivity index (χ0v) is 18.6. The molecule has 170 valence electrons. The van der Waals surface area contributed by atoms with E-state index in [0.717, 1.165) is 22.3 Å². The summed E-state index contributed by atoms with van der Waals surface area (Å²) < 4.78 is 5.50. The van der Waals surface area contributed by atoms with E-state index in [4.69, 9.17) is 4.74 Å². The molecule has 2 amide bonds. The van der Waals surface area contributed by atoms with Crippen molar-refractivity contribution in [2.75, 3.05) is 13.2 Å². The second-order valence-corrected chi connectivity index (χ2v) is 8.38. The quantitative estimate of drug-likeness (QED) is 0.553. The summed E-state index contributed by atoms with van der Waals surface area (Å²) in [5, 5.41) is 14.5. The number of hydrogen-bond acceptors (Lipinski definition) is 4. The van der Waals surface area contributed by atoms with E-state index in [1.54, 1.807) is 13.8 Å². The number of carbonyl (C=O) groups is 3. The molecule has 7 nitrogen and oxygen atoms in total. The topological polar surface area (TPSA) is 105 Å². The molecule has 1 aliphatic rings. The van der Waals surface area contributed by atoms with E-state index in [-0.39, 0.29) is 25.0 Å². The van der Waals surface area contributed by atoms with E-state index >= 15 is 0 Å². The summed E-state index contributed by atoms with van der Waals surface area (Å²) in [5.41, 5.74) is 4.55. The van der Waals surface area contributed by atoms with Crippen molar-refractivity contribution in [1.82, 2.24) is 10.6 Å². The van der Waals surface area contributed by atoms with Gasteiger partial charge < -0.3 is 20.5 Å². The van der Waals surface area contributed by atoms with Gasteiger partial charge in [0.05, 0.1) is 5.92 Å². The van der Waals surface area contributed by atoms with E-state index in [9.17, 15) is 19.5 Å². The highest BCUT2D eigenvalue weighted by atomic mass is 16.5. The Morgan fingerprint density at radius 1 is 1.00 bits per heavy atom. The van der Waals surface area contributed by atoms with Gasteiger partial charge in [-0.1, -0.05) is 69.3 Å². The van der Waals surface area contributed by atoms with E-state index in [0.29, 0.717) is 6.42 Å². The standard InChI is InChI=1S/C25H30N2O5/c1-4-16(23(28)27-22(15(2)3)24(29)30)13-26-25(31)32-14-21-19-11-7-5-9-17(19)18-10-6-8-12-20(18)21/h5-12,15-16,21-22H,4,13-14H2,1-3H3,(H,26,31)(H,27,28)(H,29,30)/t16?,22-/m1/s1. The Labute approximate surface area is 188 Å². The molecular weight excluding hydrogens is 408 g/mol. The van der Waals surface area contributed by atoms with Gasteiger partial charge in [-0.15, -0.1) is 0 Å². The van der Waals surface area contributed by atoms with Crippen molar-refractivity contribution in [3.8, 4) is 11.1 Å². The van der Waals surface area contributed by atoms with Gasteiger partial charge >= 0.3 is 12.1 Å². The molecule has 0 saturated carbocycles. The summed E-state index contributed by atoms with van der Waals surface area (Å²) in [6, 6.07) is 15.2. The second kappa shape index (κ2) is 10.3. The Kier molecular flexibility index (Phi) is 7.51. The predicted molar refractivity (Wildman–Crippen MR) is 121 cm³/mol. The fraction of sp³-hybridized carbons (Fsp3) is 0.400. The molecule has 0 aliphatic heterocycles. The first-order valence-electron chi connectivity index (χ1n) is 11.0. The molecule has 0 heterocycles. The van der Waals surface area contributed by atoms with Gasteiger partial charge in [-0.2, -0.15) is 0 Å². The van der Waals surface area contributed by atoms with E-state index < -0.39 is 29.9 Å². The van der Waals surface area contributed by atoms with Gasteiger partial charge in [-0.3, -0.25) is 4.79 Å². The minimum absolute atomic E-state index is 0.0409. The Morgan fingerprint density at radius 2 is 1.56 bits per heavy atom. The van der Waals surface area contributed by atoms with Crippen LogP contribution in [-0.4, -0.2) is 42.3 Å². The number of ether oxygens (including phenoxy) is 1. The minimum atomic E-state index is -1.08. The normalized spacial score (nSPS) is 14.2. The zero-order chi connectivity index (χ0) is 23.3. The molecule has 7 heteroatoms. The van der Waals surface area contributed by atoms with Crippen LogP contribution in [0.15, 0.2) is 48.5 Å². The third-order valence-corrected chi connectivity index (χ3v) is 5.93. The molecule has 2 aromatic rings. The van der Waals surface area contributed by atoms with Gasteiger partial charge in [0.25, 0.3) is 0 Å². The number of fused-ring (bicyclic) bond motifs is 3. The predicted octanol–water partition coefficient (Wildman–Crippen LogP) is 3.78.